The molecule has 3 rings (SSSR count). The number of aromatic nitrogens is 3. The average molecular weight is 240 g/mol. The number of phenolic OH excluding ortho intramolecular Hbond substituents is 1. The van der Waals surface area contributed by atoms with Crippen LogP contribution < -0.4 is 5.73 Å². The maximum absolute atomic E-state index is 9.40. The third-order valence-corrected chi connectivity index (χ3v) is 2.77. The molecule has 0 atom stereocenters. The van der Waals surface area contributed by atoms with Crippen molar-refractivity contribution in [2.75, 3.05) is 0 Å². The SMILES string of the molecule is NCc1ccc(-c2nc3ccc(O)cc3[nH]2)nc1. The molecule has 0 aliphatic rings. The highest BCUT2D eigenvalue weighted by Crippen LogP contribution is 2.22. The summed E-state index contributed by atoms with van der Waals surface area (Å²) in [4.78, 5) is 11.8. The molecule has 4 N–H and O–H groups in total. The minimum Gasteiger partial charge on any atom is -0.508 e. The molecule has 5 nitrogen and oxygen atoms in total. The van der Waals surface area contributed by atoms with E-state index in [2.05, 4.69) is 15.0 Å². The van der Waals surface area contributed by atoms with Gasteiger partial charge in [-0.1, -0.05) is 6.07 Å². The number of fused-ring (bicyclic) bond motifs is 1. The fourth-order valence-electron chi connectivity index (χ4n) is 1.80. The summed E-state index contributed by atoms with van der Waals surface area (Å²) >= 11 is 0. The summed E-state index contributed by atoms with van der Waals surface area (Å²) in [6, 6.07) is 8.81. The van der Waals surface area contributed by atoms with Gasteiger partial charge in [-0.05, 0) is 23.8 Å². The first-order valence-electron chi connectivity index (χ1n) is 5.60. The molecule has 2 aromatic heterocycles. The molecule has 5 heteroatoms. The van der Waals surface area contributed by atoms with E-state index >= 15 is 0 Å². The Kier molecular flexibility index (Phi) is 2.46. The standard InChI is InChI=1S/C13H12N4O/c14-6-8-1-3-11(15-7-8)13-16-10-4-2-9(18)5-12(10)17-13/h1-5,7,18H,6,14H2,(H,16,17). The van der Waals surface area contributed by atoms with Gasteiger partial charge in [-0.2, -0.15) is 0 Å². The zero-order chi connectivity index (χ0) is 12.5. The number of pyridine rings is 1. The highest BCUT2D eigenvalue weighted by Gasteiger charge is 2.06. The lowest BCUT2D eigenvalue weighted by molar-refractivity contribution is 0.476. The molecule has 0 radical (unpaired) electrons. The molecule has 0 saturated heterocycles. The second-order valence-electron chi connectivity index (χ2n) is 4.04. The van der Waals surface area contributed by atoms with Gasteiger partial charge in [-0.25, -0.2) is 4.98 Å². The van der Waals surface area contributed by atoms with Crippen molar-refractivity contribution in [1.82, 2.24) is 15.0 Å². The predicted molar refractivity (Wildman–Crippen MR) is 68.9 cm³/mol. The fraction of sp³-hybridized carbons (Fsp3) is 0.0769. The van der Waals surface area contributed by atoms with Gasteiger partial charge in [-0.15, -0.1) is 0 Å². The van der Waals surface area contributed by atoms with Crippen LogP contribution in [0.5, 0.6) is 5.75 Å². The van der Waals surface area contributed by atoms with Gasteiger partial charge in [-0.3, -0.25) is 4.98 Å². The van der Waals surface area contributed by atoms with E-state index in [9.17, 15) is 5.11 Å². The molecule has 0 saturated carbocycles. The van der Waals surface area contributed by atoms with Gasteiger partial charge in [0, 0.05) is 18.8 Å². The zero-order valence-corrected chi connectivity index (χ0v) is 9.59. The third kappa shape index (κ3) is 1.80. The van der Waals surface area contributed by atoms with Crippen molar-refractivity contribution in [2.24, 2.45) is 5.73 Å². The lowest BCUT2D eigenvalue weighted by Gasteiger charge is -1.97. The van der Waals surface area contributed by atoms with E-state index in [-0.39, 0.29) is 5.75 Å². The molecule has 0 amide bonds. The van der Waals surface area contributed by atoms with E-state index in [4.69, 9.17) is 5.73 Å². The number of rotatable bonds is 2. The molecule has 0 fully saturated rings. The van der Waals surface area contributed by atoms with Crippen molar-refractivity contribution in [3.8, 4) is 17.3 Å². The summed E-state index contributed by atoms with van der Waals surface area (Å²) in [7, 11) is 0. The number of aromatic hydroxyl groups is 1. The maximum atomic E-state index is 9.40. The fourth-order valence-corrected chi connectivity index (χ4v) is 1.80. The molecule has 18 heavy (non-hydrogen) atoms. The first-order chi connectivity index (χ1) is 8.76. The van der Waals surface area contributed by atoms with E-state index in [1.165, 1.54) is 0 Å². The monoisotopic (exact) mass is 240 g/mol. The Morgan fingerprint density at radius 3 is 2.83 bits per heavy atom. The number of nitrogens with one attached hydrogen (secondary N) is 1. The van der Waals surface area contributed by atoms with E-state index < -0.39 is 0 Å². The van der Waals surface area contributed by atoms with Crippen LogP contribution in [0.3, 0.4) is 0 Å². The summed E-state index contributed by atoms with van der Waals surface area (Å²) in [6.07, 6.45) is 1.74. The first-order valence-corrected chi connectivity index (χ1v) is 5.60. The molecule has 0 spiro atoms. The largest absolute Gasteiger partial charge is 0.508 e. The Morgan fingerprint density at radius 2 is 2.11 bits per heavy atom. The van der Waals surface area contributed by atoms with Crippen LogP contribution in [0.2, 0.25) is 0 Å². The maximum Gasteiger partial charge on any atom is 0.157 e. The van der Waals surface area contributed by atoms with Gasteiger partial charge in [0.2, 0.25) is 0 Å². The van der Waals surface area contributed by atoms with Crippen LogP contribution in [0.4, 0.5) is 0 Å². The second-order valence-corrected chi connectivity index (χ2v) is 4.04. The quantitative estimate of drug-likeness (QED) is 0.637. The normalized spacial score (nSPS) is 10.9. The number of phenols is 1. The zero-order valence-electron chi connectivity index (χ0n) is 9.59. The summed E-state index contributed by atoms with van der Waals surface area (Å²) in [5.74, 6) is 0.892. The van der Waals surface area contributed by atoms with Crippen LogP contribution in [0.15, 0.2) is 36.5 Å². The third-order valence-electron chi connectivity index (χ3n) is 2.77. The molecule has 0 unspecified atom stereocenters. The van der Waals surface area contributed by atoms with Gasteiger partial charge in [0.1, 0.15) is 11.4 Å². The Labute approximate surface area is 103 Å². The first kappa shape index (κ1) is 10.7. The molecule has 0 bridgehead atoms. The Hall–Kier alpha value is -2.40. The Balaban J connectivity index is 2.07. The second kappa shape index (κ2) is 4.12. The number of nitrogens with two attached hydrogens (primary N) is 1. The van der Waals surface area contributed by atoms with Crippen molar-refractivity contribution >= 4 is 11.0 Å². The molecule has 2 heterocycles. The average Bonchev–Trinajstić information content (AvgIpc) is 2.81. The Bertz CT molecular complexity index is 688. The van der Waals surface area contributed by atoms with Crippen molar-refractivity contribution in [3.05, 3.63) is 42.1 Å². The lowest BCUT2D eigenvalue weighted by Crippen LogP contribution is -1.97. The van der Waals surface area contributed by atoms with Crippen molar-refractivity contribution in [1.29, 1.82) is 0 Å². The minimum atomic E-state index is 0.212. The smallest absolute Gasteiger partial charge is 0.157 e. The minimum absolute atomic E-state index is 0.212. The number of aromatic amines is 1. The number of benzene rings is 1. The lowest BCUT2D eigenvalue weighted by atomic mass is 10.2. The Morgan fingerprint density at radius 1 is 1.22 bits per heavy atom. The van der Waals surface area contributed by atoms with Gasteiger partial charge in [0.25, 0.3) is 0 Å². The summed E-state index contributed by atoms with van der Waals surface area (Å²) < 4.78 is 0. The molecule has 1 aromatic carbocycles. The van der Waals surface area contributed by atoms with Crippen LogP contribution in [-0.4, -0.2) is 20.1 Å². The summed E-state index contributed by atoms with van der Waals surface area (Å²) in [5.41, 5.74) is 8.84. The summed E-state index contributed by atoms with van der Waals surface area (Å²) in [6.45, 7) is 0.473. The van der Waals surface area contributed by atoms with Gasteiger partial charge < -0.3 is 15.8 Å². The number of hydrogen-bond acceptors (Lipinski definition) is 4. The van der Waals surface area contributed by atoms with E-state index in [0.717, 1.165) is 22.3 Å². The topological polar surface area (TPSA) is 87.8 Å². The van der Waals surface area contributed by atoms with Crippen molar-refractivity contribution in [3.63, 3.8) is 0 Å². The van der Waals surface area contributed by atoms with Crippen LogP contribution >= 0.6 is 0 Å². The van der Waals surface area contributed by atoms with Gasteiger partial charge >= 0.3 is 0 Å². The van der Waals surface area contributed by atoms with Crippen LogP contribution in [0, 0.1) is 0 Å². The van der Waals surface area contributed by atoms with Crippen molar-refractivity contribution in [2.45, 2.75) is 6.54 Å². The van der Waals surface area contributed by atoms with Gasteiger partial charge in [0.15, 0.2) is 5.82 Å². The van der Waals surface area contributed by atoms with Gasteiger partial charge in [0.05, 0.1) is 11.0 Å². The van der Waals surface area contributed by atoms with Crippen LogP contribution in [0.1, 0.15) is 5.56 Å². The number of imidazole rings is 1. The van der Waals surface area contributed by atoms with E-state index in [0.29, 0.717) is 12.4 Å². The number of hydrogen-bond donors (Lipinski definition) is 3. The predicted octanol–water partition coefficient (Wildman–Crippen LogP) is 1.79. The number of nitrogens with zero attached hydrogens (tertiary/aromatic N) is 2. The molecular formula is C13H12N4O. The number of H-pyrrole nitrogens is 1. The molecule has 0 aliphatic heterocycles. The molecule has 3 aromatic rings. The van der Waals surface area contributed by atoms with E-state index in [1.54, 1.807) is 24.4 Å². The summed E-state index contributed by atoms with van der Waals surface area (Å²) in [5, 5.41) is 9.40. The van der Waals surface area contributed by atoms with Crippen LogP contribution in [-0.2, 0) is 6.54 Å². The molecule has 90 valence electrons. The van der Waals surface area contributed by atoms with Crippen LogP contribution in [0.25, 0.3) is 22.6 Å². The molecular weight excluding hydrogens is 228 g/mol. The molecule has 0 aliphatic carbocycles. The van der Waals surface area contributed by atoms with E-state index in [1.807, 2.05) is 12.1 Å². The highest BCUT2D eigenvalue weighted by atomic mass is 16.3. The highest BCUT2D eigenvalue weighted by molar-refractivity contribution is 5.80. The van der Waals surface area contributed by atoms with Crippen molar-refractivity contribution < 1.29 is 5.11 Å².